The second kappa shape index (κ2) is 39.9. The van der Waals surface area contributed by atoms with Gasteiger partial charge in [0.1, 0.15) is 0 Å². The van der Waals surface area contributed by atoms with Gasteiger partial charge in [-0.15, -0.1) is 0 Å². The molecule has 0 aliphatic rings. The van der Waals surface area contributed by atoms with Crippen molar-refractivity contribution in [2.75, 3.05) is 46.4 Å². The number of carbonyl (C=O) groups is 2. The zero-order valence-electron chi connectivity index (χ0n) is 33.6. The van der Waals surface area contributed by atoms with E-state index in [1.807, 2.05) is 11.9 Å². The second-order valence-electron chi connectivity index (χ2n) is 14.5. The zero-order chi connectivity index (χ0) is 36.6. The molecule has 294 valence electrons. The van der Waals surface area contributed by atoms with Crippen molar-refractivity contribution in [2.45, 2.75) is 200 Å². The molecule has 0 fully saturated rings. The number of esters is 2. The van der Waals surface area contributed by atoms with E-state index in [1.165, 1.54) is 147 Å². The highest BCUT2D eigenvalue weighted by molar-refractivity contribution is 5.70. The lowest BCUT2D eigenvalue weighted by atomic mass is 10.0. The molecule has 0 unspecified atom stereocenters. The van der Waals surface area contributed by atoms with Crippen LogP contribution in [0.1, 0.15) is 200 Å². The fourth-order valence-corrected chi connectivity index (χ4v) is 6.35. The van der Waals surface area contributed by atoms with Crippen molar-refractivity contribution in [2.24, 2.45) is 4.99 Å². The van der Waals surface area contributed by atoms with Crippen LogP contribution in [0, 0.1) is 0 Å². The van der Waals surface area contributed by atoms with E-state index in [0.29, 0.717) is 39.1 Å². The summed E-state index contributed by atoms with van der Waals surface area (Å²) in [5.41, 5.74) is 0. The quantitative estimate of drug-likeness (QED) is 0.0273. The highest BCUT2D eigenvalue weighted by Gasteiger charge is 2.13. The third-order valence-electron chi connectivity index (χ3n) is 9.64. The molecule has 0 aromatic rings. The van der Waals surface area contributed by atoms with E-state index in [0.717, 1.165) is 45.2 Å². The first-order valence-corrected chi connectivity index (χ1v) is 21.4. The molecule has 50 heavy (non-hydrogen) atoms. The van der Waals surface area contributed by atoms with Crippen molar-refractivity contribution in [1.29, 1.82) is 0 Å². The summed E-state index contributed by atoms with van der Waals surface area (Å²) in [6.45, 7) is 12.0. The lowest BCUT2D eigenvalue weighted by Gasteiger charge is -2.23. The van der Waals surface area contributed by atoms with Crippen LogP contribution in [0.25, 0.3) is 0 Å². The van der Waals surface area contributed by atoms with Crippen LogP contribution >= 0.6 is 0 Å². The summed E-state index contributed by atoms with van der Waals surface area (Å²) in [5.74, 6) is -0.289. The summed E-state index contributed by atoms with van der Waals surface area (Å²) < 4.78 is 11.1. The molecular formula is C43H83N3O4. The van der Waals surface area contributed by atoms with Crippen LogP contribution in [0.15, 0.2) is 17.8 Å². The van der Waals surface area contributed by atoms with E-state index < -0.39 is 0 Å². The van der Waals surface area contributed by atoms with Gasteiger partial charge in [0.2, 0.25) is 0 Å². The van der Waals surface area contributed by atoms with E-state index in [9.17, 15) is 9.59 Å². The summed E-state index contributed by atoms with van der Waals surface area (Å²) in [7, 11) is 1.99. The first-order valence-electron chi connectivity index (χ1n) is 21.4. The second-order valence-corrected chi connectivity index (χ2v) is 14.5. The molecule has 7 nitrogen and oxygen atoms in total. The number of ether oxygens (including phenoxy) is 2. The lowest BCUT2D eigenvalue weighted by molar-refractivity contribution is -0.144. The molecule has 0 amide bonds. The maximum absolute atomic E-state index is 12.5. The monoisotopic (exact) mass is 706 g/mol. The summed E-state index contributed by atoms with van der Waals surface area (Å²) >= 11 is 0. The highest BCUT2D eigenvalue weighted by Crippen LogP contribution is 2.14. The van der Waals surface area contributed by atoms with Crippen LogP contribution in [-0.4, -0.2) is 74.5 Å². The van der Waals surface area contributed by atoms with Gasteiger partial charge >= 0.3 is 11.9 Å². The number of rotatable bonds is 40. The minimum atomic E-state index is -0.144. The molecule has 0 bridgehead atoms. The highest BCUT2D eigenvalue weighted by atomic mass is 16.5. The maximum Gasteiger partial charge on any atom is 0.307 e. The van der Waals surface area contributed by atoms with Crippen LogP contribution in [0.4, 0.5) is 0 Å². The Morgan fingerprint density at radius 3 is 1.18 bits per heavy atom. The Hall–Kier alpha value is -1.89. The predicted molar refractivity (Wildman–Crippen MR) is 215 cm³/mol. The standard InChI is InChI=1S/C43H83N3O4/c1-5-8-10-12-14-16-18-20-22-24-26-28-30-39-49-42(47)33-37-46(36-32-35-45(4)41-44-7-3)38-34-43(48)50-40-31-29-27-25-23-21-19-17-15-13-11-9-6-2/h7,41H,3,5-6,8-40H2,1-2,4H3. The van der Waals surface area contributed by atoms with Gasteiger partial charge in [0.05, 0.1) is 32.4 Å². The van der Waals surface area contributed by atoms with Gasteiger partial charge in [-0.1, -0.05) is 175 Å². The first kappa shape index (κ1) is 48.1. The van der Waals surface area contributed by atoms with E-state index in [-0.39, 0.29) is 11.9 Å². The summed E-state index contributed by atoms with van der Waals surface area (Å²) in [5, 5.41) is 0. The Morgan fingerprint density at radius 2 is 0.840 bits per heavy atom. The smallest absolute Gasteiger partial charge is 0.307 e. The van der Waals surface area contributed by atoms with Crippen LogP contribution in [-0.2, 0) is 19.1 Å². The van der Waals surface area contributed by atoms with E-state index >= 15 is 0 Å². The van der Waals surface area contributed by atoms with Gasteiger partial charge < -0.3 is 19.3 Å². The number of hydrogen-bond acceptors (Lipinski definition) is 6. The van der Waals surface area contributed by atoms with Crippen LogP contribution in [0.5, 0.6) is 0 Å². The van der Waals surface area contributed by atoms with Crippen molar-refractivity contribution in [1.82, 2.24) is 9.80 Å². The Bertz CT molecular complexity index is 727. The molecular weight excluding hydrogens is 622 g/mol. The SMILES string of the molecule is C=CN=CN(C)CCCN(CCC(=O)OCCCCCCCCCCCCCCC)CCC(=O)OCCCCCCCCCCCCCCC. The van der Waals surface area contributed by atoms with E-state index in [4.69, 9.17) is 9.47 Å². The molecule has 0 aromatic heterocycles. The fourth-order valence-electron chi connectivity index (χ4n) is 6.35. The summed E-state index contributed by atoms with van der Waals surface area (Å²) in [4.78, 5) is 33.3. The van der Waals surface area contributed by atoms with Gasteiger partial charge in [0, 0.05) is 32.9 Å². The fraction of sp³-hybridized carbons (Fsp3) is 0.884. The van der Waals surface area contributed by atoms with Gasteiger partial charge in [-0.2, -0.15) is 0 Å². The molecule has 0 rings (SSSR count). The summed E-state index contributed by atoms with van der Waals surface area (Å²) in [6.07, 6.45) is 38.8. The maximum atomic E-state index is 12.5. The van der Waals surface area contributed by atoms with E-state index in [1.54, 1.807) is 6.34 Å². The van der Waals surface area contributed by atoms with Crippen molar-refractivity contribution < 1.29 is 19.1 Å². The molecule has 0 N–H and O–H groups in total. The number of unbranched alkanes of at least 4 members (excludes halogenated alkanes) is 24. The molecule has 0 aliphatic carbocycles. The molecule has 0 saturated carbocycles. The summed E-state index contributed by atoms with van der Waals surface area (Å²) in [6, 6.07) is 0. The average molecular weight is 706 g/mol. The Kier molecular flexibility index (Phi) is 38.4. The average Bonchev–Trinajstić information content (AvgIpc) is 3.11. The van der Waals surface area contributed by atoms with E-state index in [2.05, 4.69) is 30.3 Å². The predicted octanol–water partition coefficient (Wildman–Crippen LogP) is 11.8. The molecule has 0 spiro atoms. The van der Waals surface area contributed by atoms with Crippen molar-refractivity contribution in [3.05, 3.63) is 12.8 Å². The molecule has 0 heterocycles. The number of hydrogen-bond donors (Lipinski definition) is 0. The van der Waals surface area contributed by atoms with Crippen molar-refractivity contribution in [3.8, 4) is 0 Å². The molecule has 0 saturated heterocycles. The zero-order valence-corrected chi connectivity index (χ0v) is 33.6. The number of aliphatic imine (C=N–C) groups is 1. The van der Waals surface area contributed by atoms with Gasteiger partial charge in [-0.25, -0.2) is 4.99 Å². The van der Waals surface area contributed by atoms with Gasteiger partial charge in [0.25, 0.3) is 0 Å². The van der Waals surface area contributed by atoms with Crippen LogP contribution in [0.3, 0.4) is 0 Å². The Balaban J connectivity index is 4.08. The first-order chi connectivity index (χ1) is 24.5. The van der Waals surface area contributed by atoms with Gasteiger partial charge in [-0.05, 0) is 25.8 Å². The van der Waals surface area contributed by atoms with Crippen LogP contribution < -0.4 is 0 Å². The minimum Gasteiger partial charge on any atom is -0.466 e. The topological polar surface area (TPSA) is 71.4 Å². The Labute approximate surface area is 310 Å². The largest absolute Gasteiger partial charge is 0.466 e. The van der Waals surface area contributed by atoms with Crippen molar-refractivity contribution >= 4 is 18.3 Å². The van der Waals surface area contributed by atoms with Crippen LogP contribution in [0.2, 0.25) is 0 Å². The third-order valence-corrected chi connectivity index (χ3v) is 9.64. The lowest BCUT2D eigenvalue weighted by Crippen LogP contribution is -2.32. The number of carbonyl (C=O) groups excluding carboxylic acids is 2. The van der Waals surface area contributed by atoms with Gasteiger partial charge in [0.15, 0.2) is 0 Å². The molecule has 0 radical (unpaired) electrons. The normalized spacial score (nSPS) is 11.4. The number of nitrogens with zero attached hydrogens (tertiary/aromatic N) is 3. The van der Waals surface area contributed by atoms with Crippen molar-refractivity contribution in [3.63, 3.8) is 0 Å². The van der Waals surface area contributed by atoms with Gasteiger partial charge in [-0.3, -0.25) is 9.59 Å². The molecule has 0 atom stereocenters. The third kappa shape index (κ3) is 37.4. The molecule has 7 heteroatoms. The minimum absolute atomic E-state index is 0.144. The molecule has 0 aliphatic heterocycles. The Morgan fingerprint density at radius 1 is 0.500 bits per heavy atom. The molecule has 0 aromatic carbocycles.